The largest absolute Gasteiger partial charge is 0.352 e. The van der Waals surface area contributed by atoms with Crippen LogP contribution in [-0.2, 0) is 17.9 Å². The molecule has 0 spiro atoms. The zero-order valence-electron chi connectivity index (χ0n) is 16.9. The third-order valence-electron chi connectivity index (χ3n) is 5.36. The lowest BCUT2D eigenvalue weighted by atomic mass is 10.0. The number of nitrogens with zero attached hydrogens (tertiary/aromatic N) is 1. The first kappa shape index (κ1) is 20.7. The average molecular weight is 399 g/mol. The van der Waals surface area contributed by atoms with Crippen molar-refractivity contribution in [3.63, 3.8) is 0 Å². The minimum atomic E-state index is -0.0641. The summed E-state index contributed by atoms with van der Waals surface area (Å²) in [6, 6.07) is 10.3. The van der Waals surface area contributed by atoms with E-state index in [1.165, 1.54) is 24.8 Å². The second-order valence-corrected chi connectivity index (χ2v) is 9.09. The minimum absolute atomic E-state index is 0.0579. The molecular weight excluding hydrogens is 368 g/mol. The number of amides is 1. The molecule has 0 aliphatic carbocycles. The van der Waals surface area contributed by atoms with Gasteiger partial charge in [0.05, 0.1) is 0 Å². The van der Waals surface area contributed by atoms with Gasteiger partial charge in [0.2, 0.25) is 5.91 Å². The molecule has 28 heavy (non-hydrogen) atoms. The highest BCUT2D eigenvalue weighted by Crippen LogP contribution is 2.22. The van der Waals surface area contributed by atoms with E-state index in [2.05, 4.69) is 28.4 Å². The van der Waals surface area contributed by atoms with Crippen molar-refractivity contribution in [2.75, 3.05) is 13.1 Å². The molecule has 0 bridgehead atoms. The van der Waals surface area contributed by atoms with Gasteiger partial charge in [-0.2, -0.15) is 0 Å². The molecule has 0 atom stereocenters. The lowest BCUT2D eigenvalue weighted by Crippen LogP contribution is -2.30. The van der Waals surface area contributed by atoms with E-state index in [1.807, 2.05) is 26.0 Å². The molecule has 1 aliphatic rings. The summed E-state index contributed by atoms with van der Waals surface area (Å²) < 4.78 is 0. The first-order valence-electron chi connectivity index (χ1n) is 10.2. The number of piperidine rings is 1. The van der Waals surface area contributed by atoms with Crippen LogP contribution < -0.4 is 5.32 Å². The quantitative estimate of drug-likeness (QED) is 0.660. The maximum absolute atomic E-state index is 12.4. The number of ketones is 1. The monoisotopic (exact) mass is 398 g/mol. The summed E-state index contributed by atoms with van der Waals surface area (Å²) in [5.74, 6) is -0.00627. The number of likely N-dealkylation sites (tertiary alicyclic amines) is 1. The number of Topliss-reactive ketones (excluding diaryl/α,β-unsaturated/α-hetero) is 1. The Morgan fingerprint density at radius 2 is 1.75 bits per heavy atom. The standard InChI is InChI=1S/C23H30N2O2S/c1-17-14-21(18(2)28-17)22(26)10-11-23(27)24-15-19-8-4-5-9-20(19)16-25-12-6-3-7-13-25/h4-5,8-9,14H,3,6-7,10-13,15-16H2,1-2H3,(H,24,27). The lowest BCUT2D eigenvalue weighted by Gasteiger charge is -2.27. The number of thiophene rings is 1. The Morgan fingerprint density at radius 3 is 2.43 bits per heavy atom. The highest BCUT2D eigenvalue weighted by atomic mass is 32.1. The van der Waals surface area contributed by atoms with Crippen LogP contribution in [-0.4, -0.2) is 29.7 Å². The smallest absolute Gasteiger partial charge is 0.220 e. The van der Waals surface area contributed by atoms with Crippen LogP contribution in [0.4, 0.5) is 0 Å². The van der Waals surface area contributed by atoms with Gasteiger partial charge in [0.1, 0.15) is 0 Å². The number of carbonyl (C=O) groups is 2. The molecule has 0 unspecified atom stereocenters. The predicted octanol–water partition coefficient (Wildman–Crippen LogP) is 4.63. The van der Waals surface area contributed by atoms with Gasteiger partial charge in [-0.05, 0) is 57.0 Å². The molecule has 1 saturated heterocycles. The Labute approximate surface area is 172 Å². The molecule has 0 saturated carbocycles. The second kappa shape index (κ2) is 9.99. The fourth-order valence-corrected chi connectivity index (χ4v) is 4.74. The minimum Gasteiger partial charge on any atom is -0.352 e. The molecule has 150 valence electrons. The van der Waals surface area contributed by atoms with Crippen molar-refractivity contribution >= 4 is 23.0 Å². The van der Waals surface area contributed by atoms with Crippen molar-refractivity contribution in [1.29, 1.82) is 0 Å². The van der Waals surface area contributed by atoms with Crippen LogP contribution in [0.1, 0.15) is 63.3 Å². The molecule has 5 heteroatoms. The van der Waals surface area contributed by atoms with Gasteiger partial charge in [-0.3, -0.25) is 14.5 Å². The van der Waals surface area contributed by atoms with Crippen LogP contribution in [0, 0.1) is 13.8 Å². The van der Waals surface area contributed by atoms with Crippen molar-refractivity contribution in [3.8, 4) is 0 Å². The molecule has 2 heterocycles. The molecule has 1 aromatic carbocycles. The first-order valence-corrected chi connectivity index (χ1v) is 11.0. The van der Waals surface area contributed by atoms with E-state index in [0.29, 0.717) is 6.54 Å². The van der Waals surface area contributed by atoms with E-state index in [9.17, 15) is 9.59 Å². The van der Waals surface area contributed by atoms with Crippen LogP contribution in [0.25, 0.3) is 0 Å². The highest BCUT2D eigenvalue weighted by Gasteiger charge is 2.15. The van der Waals surface area contributed by atoms with Crippen molar-refractivity contribution in [2.45, 2.75) is 59.0 Å². The Hall–Kier alpha value is -1.98. The molecule has 2 aromatic rings. The van der Waals surface area contributed by atoms with Gasteiger partial charge in [-0.15, -0.1) is 11.3 Å². The number of benzene rings is 1. The van der Waals surface area contributed by atoms with E-state index < -0.39 is 0 Å². The van der Waals surface area contributed by atoms with Gasteiger partial charge < -0.3 is 5.32 Å². The molecule has 1 N–H and O–H groups in total. The molecule has 1 amide bonds. The van der Waals surface area contributed by atoms with Gasteiger partial charge in [-0.25, -0.2) is 0 Å². The summed E-state index contributed by atoms with van der Waals surface area (Å²) in [6.45, 7) is 7.75. The zero-order valence-corrected chi connectivity index (χ0v) is 17.7. The van der Waals surface area contributed by atoms with E-state index in [4.69, 9.17) is 0 Å². The normalized spacial score (nSPS) is 14.8. The van der Waals surface area contributed by atoms with E-state index in [-0.39, 0.29) is 24.5 Å². The Morgan fingerprint density at radius 1 is 1.04 bits per heavy atom. The van der Waals surface area contributed by atoms with Crippen molar-refractivity contribution in [1.82, 2.24) is 10.2 Å². The van der Waals surface area contributed by atoms with Crippen LogP contribution in [0.15, 0.2) is 30.3 Å². The van der Waals surface area contributed by atoms with Crippen molar-refractivity contribution in [2.24, 2.45) is 0 Å². The summed E-state index contributed by atoms with van der Waals surface area (Å²) in [5.41, 5.74) is 3.21. The fraction of sp³-hybridized carbons (Fsp3) is 0.478. The number of carbonyl (C=O) groups excluding carboxylic acids is 2. The molecule has 4 nitrogen and oxygen atoms in total. The third-order valence-corrected chi connectivity index (χ3v) is 6.32. The summed E-state index contributed by atoms with van der Waals surface area (Å²) in [4.78, 5) is 29.3. The topological polar surface area (TPSA) is 49.4 Å². The fourth-order valence-electron chi connectivity index (χ4n) is 3.79. The van der Waals surface area contributed by atoms with Gasteiger partial charge in [0.25, 0.3) is 0 Å². The van der Waals surface area contributed by atoms with Crippen molar-refractivity contribution in [3.05, 3.63) is 56.8 Å². The van der Waals surface area contributed by atoms with Crippen molar-refractivity contribution < 1.29 is 9.59 Å². The van der Waals surface area contributed by atoms with E-state index in [0.717, 1.165) is 40.5 Å². The summed E-state index contributed by atoms with van der Waals surface area (Å²) >= 11 is 1.63. The molecule has 1 fully saturated rings. The highest BCUT2D eigenvalue weighted by molar-refractivity contribution is 7.12. The maximum atomic E-state index is 12.4. The second-order valence-electron chi connectivity index (χ2n) is 7.63. The molecule has 3 rings (SSSR count). The zero-order chi connectivity index (χ0) is 19.9. The first-order chi connectivity index (χ1) is 13.5. The van der Waals surface area contributed by atoms with Crippen LogP contribution in [0.3, 0.4) is 0 Å². The van der Waals surface area contributed by atoms with Gasteiger partial charge in [0, 0.05) is 41.2 Å². The Balaban J connectivity index is 1.49. The van der Waals surface area contributed by atoms with E-state index >= 15 is 0 Å². The van der Waals surface area contributed by atoms with Gasteiger partial charge in [0.15, 0.2) is 5.78 Å². The number of hydrogen-bond donors (Lipinski definition) is 1. The van der Waals surface area contributed by atoms with E-state index in [1.54, 1.807) is 11.3 Å². The number of rotatable bonds is 8. The number of nitrogens with one attached hydrogen (secondary N) is 1. The Bertz CT molecular complexity index is 822. The van der Waals surface area contributed by atoms with Crippen LogP contribution in [0.5, 0.6) is 0 Å². The predicted molar refractivity (Wildman–Crippen MR) is 115 cm³/mol. The molecule has 0 radical (unpaired) electrons. The summed E-state index contributed by atoms with van der Waals surface area (Å²) in [7, 11) is 0. The molecular formula is C23H30N2O2S. The number of hydrogen-bond acceptors (Lipinski definition) is 4. The van der Waals surface area contributed by atoms with Crippen LogP contribution in [0.2, 0.25) is 0 Å². The Kier molecular flexibility index (Phi) is 7.40. The SMILES string of the molecule is Cc1cc(C(=O)CCC(=O)NCc2ccccc2CN2CCCCC2)c(C)s1. The number of aryl methyl sites for hydroxylation is 2. The van der Waals surface area contributed by atoms with Gasteiger partial charge in [-0.1, -0.05) is 30.7 Å². The molecule has 1 aromatic heterocycles. The summed E-state index contributed by atoms with van der Waals surface area (Å²) in [5, 5.41) is 3.00. The van der Waals surface area contributed by atoms with Crippen LogP contribution >= 0.6 is 11.3 Å². The van der Waals surface area contributed by atoms with Gasteiger partial charge >= 0.3 is 0 Å². The maximum Gasteiger partial charge on any atom is 0.220 e. The average Bonchev–Trinajstić information content (AvgIpc) is 3.04. The third kappa shape index (κ3) is 5.76. The molecule has 1 aliphatic heterocycles. The lowest BCUT2D eigenvalue weighted by molar-refractivity contribution is -0.121. The summed E-state index contributed by atoms with van der Waals surface area (Å²) in [6.07, 6.45) is 4.38.